The van der Waals surface area contributed by atoms with E-state index in [1.807, 2.05) is 44.6 Å². The van der Waals surface area contributed by atoms with Crippen molar-refractivity contribution >= 4 is 10.8 Å². The summed E-state index contributed by atoms with van der Waals surface area (Å²) in [5.74, 6) is 0.757. The van der Waals surface area contributed by atoms with Crippen LogP contribution >= 0.6 is 0 Å². The van der Waals surface area contributed by atoms with Crippen LogP contribution in [0.4, 0.5) is 0 Å². The van der Waals surface area contributed by atoms with E-state index in [1.165, 1.54) is 0 Å². The van der Waals surface area contributed by atoms with Crippen molar-refractivity contribution in [3.63, 3.8) is 0 Å². The normalized spacial score (nSPS) is 18.1. The van der Waals surface area contributed by atoms with Crippen molar-refractivity contribution in [3.8, 4) is 16.9 Å². The Bertz CT molecular complexity index is 972. The highest BCUT2D eigenvalue weighted by atomic mass is 16.5. The number of likely N-dealkylation sites (tertiary alicyclic amines) is 1. The lowest BCUT2D eigenvalue weighted by Gasteiger charge is -2.36. The van der Waals surface area contributed by atoms with E-state index in [1.54, 1.807) is 4.68 Å². The number of hydrogen-bond acceptors (Lipinski definition) is 5. The molecule has 0 radical (unpaired) electrons. The lowest BCUT2D eigenvalue weighted by Crippen LogP contribution is -2.45. The molecule has 1 fully saturated rings. The van der Waals surface area contributed by atoms with Crippen molar-refractivity contribution in [2.75, 3.05) is 26.2 Å². The highest BCUT2D eigenvalue weighted by molar-refractivity contribution is 5.88. The largest absolute Gasteiger partial charge is 0.491 e. The SMILES string of the molecule is Cn1cc(-c2ccc3cc(OCC(O)CN4CCC(C)(O)CC4)ccc3c2)cn1. The van der Waals surface area contributed by atoms with E-state index in [4.69, 9.17) is 4.74 Å². The Morgan fingerprint density at radius 3 is 2.55 bits per heavy atom. The van der Waals surface area contributed by atoms with Crippen molar-refractivity contribution in [1.82, 2.24) is 14.7 Å². The first-order valence-corrected chi connectivity index (χ1v) is 10.2. The number of aryl methyl sites for hydroxylation is 1. The molecule has 1 unspecified atom stereocenters. The lowest BCUT2D eigenvalue weighted by molar-refractivity contribution is -0.0201. The van der Waals surface area contributed by atoms with E-state index in [0.29, 0.717) is 6.54 Å². The van der Waals surface area contributed by atoms with Crippen molar-refractivity contribution < 1.29 is 14.9 Å². The maximum Gasteiger partial charge on any atom is 0.120 e. The Labute approximate surface area is 171 Å². The molecule has 0 bridgehead atoms. The third kappa shape index (κ3) is 4.96. The Hall–Kier alpha value is -2.41. The molecule has 0 aliphatic carbocycles. The van der Waals surface area contributed by atoms with Crippen LogP contribution in [0.1, 0.15) is 19.8 Å². The summed E-state index contributed by atoms with van der Waals surface area (Å²) in [6.07, 6.45) is 4.80. The summed E-state index contributed by atoms with van der Waals surface area (Å²) in [4.78, 5) is 2.19. The van der Waals surface area contributed by atoms with Gasteiger partial charge in [-0.05, 0) is 54.3 Å². The van der Waals surface area contributed by atoms with Gasteiger partial charge in [0.2, 0.25) is 0 Å². The number of β-amino-alcohol motifs (C(OH)–C–C–N with tert-alkyl or cyclic N) is 1. The van der Waals surface area contributed by atoms with Gasteiger partial charge in [-0.2, -0.15) is 5.10 Å². The molecule has 0 amide bonds. The van der Waals surface area contributed by atoms with Crippen LogP contribution in [0.2, 0.25) is 0 Å². The van der Waals surface area contributed by atoms with Crippen LogP contribution in [-0.4, -0.2) is 62.8 Å². The first-order chi connectivity index (χ1) is 13.9. The van der Waals surface area contributed by atoms with E-state index in [0.717, 1.165) is 53.6 Å². The molecule has 2 heterocycles. The van der Waals surface area contributed by atoms with Crippen LogP contribution in [0.3, 0.4) is 0 Å². The molecule has 4 rings (SSSR count). The Balaban J connectivity index is 1.35. The molecule has 6 nitrogen and oxygen atoms in total. The molecule has 154 valence electrons. The monoisotopic (exact) mass is 395 g/mol. The Morgan fingerprint density at radius 1 is 1.10 bits per heavy atom. The fourth-order valence-corrected chi connectivity index (χ4v) is 3.82. The second-order valence-corrected chi connectivity index (χ2v) is 8.39. The molecule has 0 spiro atoms. The second-order valence-electron chi connectivity index (χ2n) is 8.39. The zero-order chi connectivity index (χ0) is 20.4. The first-order valence-electron chi connectivity index (χ1n) is 10.2. The minimum atomic E-state index is -0.570. The van der Waals surface area contributed by atoms with Gasteiger partial charge in [0.1, 0.15) is 18.5 Å². The summed E-state index contributed by atoms with van der Waals surface area (Å²) in [7, 11) is 1.91. The van der Waals surface area contributed by atoms with Crippen LogP contribution in [0, 0.1) is 0 Å². The molecular formula is C23H29N3O3. The van der Waals surface area contributed by atoms with Gasteiger partial charge in [-0.15, -0.1) is 0 Å². The van der Waals surface area contributed by atoms with E-state index >= 15 is 0 Å². The number of rotatable bonds is 6. The van der Waals surface area contributed by atoms with Gasteiger partial charge in [0.25, 0.3) is 0 Å². The van der Waals surface area contributed by atoms with Crippen molar-refractivity contribution in [3.05, 3.63) is 48.8 Å². The summed E-state index contributed by atoms with van der Waals surface area (Å²) >= 11 is 0. The molecule has 29 heavy (non-hydrogen) atoms. The van der Waals surface area contributed by atoms with Crippen LogP contribution in [-0.2, 0) is 7.05 Å². The third-order valence-electron chi connectivity index (χ3n) is 5.69. The smallest absolute Gasteiger partial charge is 0.120 e. The quantitative estimate of drug-likeness (QED) is 0.672. The molecule has 2 N–H and O–H groups in total. The fourth-order valence-electron chi connectivity index (χ4n) is 3.82. The summed E-state index contributed by atoms with van der Waals surface area (Å²) in [6, 6.07) is 12.3. The summed E-state index contributed by atoms with van der Waals surface area (Å²) < 4.78 is 7.64. The van der Waals surface area contributed by atoms with Crippen LogP contribution < -0.4 is 4.74 Å². The minimum absolute atomic E-state index is 0.256. The van der Waals surface area contributed by atoms with Gasteiger partial charge >= 0.3 is 0 Å². The van der Waals surface area contributed by atoms with Crippen molar-refractivity contribution in [2.24, 2.45) is 7.05 Å². The molecule has 1 saturated heterocycles. The molecule has 3 aromatic rings. The molecule has 1 aromatic heterocycles. The van der Waals surface area contributed by atoms with Gasteiger partial charge in [0.05, 0.1) is 11.8 Å². The maximum atomic E-state index is 10.3. The van der Waals surface area contributed by atoms with Crippen LogP contribution in [0.25, 0.3) is 21.9 Å². The Morgan fingerprint density at radius 2 is 1.83 bits per heavy atom. The zero-order valence-corrected chi connectivity index (χ0v) is 17.1. The molecule has 1 atom stereocenters. The molecular weight excluding hydrogens is 366 g/mol. The Kier molecular flexibility index (Phi) is 5.58. The molecule has 0 saturated carbocycles. The lowest BCUT2D eigenvalue weighted by atomic mass is 9.94. The van der Waals surface area contributed by atoms with E-state index < -0.39 is 11.7 Å². The predicted octanol–water partition coefficient (Wildman–Crippen LogP) is 2.83. The topological polar surface area (TPSA) is 70.8 Å². The molecule has 2 aromatic carbocycles. The van der Waals surface area contributed by atoms with Crippen LogP contribution in [0.15, 0.2) is 48.8 Å². The predicted molar refractivity (Wildman–Crippen MR) is 114 cm³/mol. The van der Waals surface area contributed by atoms with Gasteiger partial charge in [0, 0.05) is 38.4 Å². The van der Waals surface area contributed by atoms with Crippen molar-refractivity contribution in [1.29, 1.82) is 0 Å². The van der Waals surface area contributed by atoms with Gasteiger partial charge in [-0.3, -0.25) is 4.68 Å². The summed E-state index contributed by atoms with van der Waals surface area (Å²) in [6.45, 7) is 4.31. The van der Waals surface area contributed by atoms with E-state index in [2.05, 4.69) is 28.2 Å². The van der Waals surface area contributed by atoms with Gasteiger partial charge < -0.3 is 19.8 Å². The molecule has 1 aliphatic heterocycles. The summed E-state index contributed by atoms with van der Waals surface area (Å²) in [5, 5.41) is 26.8. The number of piperidine rings is 1. The van der Waals surface area contributed by atoms with Crippen molar-refractivity contribution in [2.45, 2.75) is 31.5 Å². The number of benzene rings is 2. The number of nitrogens with zero attached hydrogens (tertiary/aromatic N) is 3. The third-order valence-corrected chi connectivity index (χ3v) is 5.69. The van der Waals surface area contributed by atoms with E-state index in [9.17, 15) is 10.2 Å². The number of hydrogen-bond donors (Lipinski definition) is 2. The zero-order valence-electron chi connectivity index (χ0n) is 17.1. The number of aliphatic hydroxyl groups excluding tert-OH is 1. The molecule has 6 heteroatoms. The number of aromatic nitrogens is 2. The minimum Gasteiger partial charge on any atom is -0.491 e. The van der Waals surface area contributed by atoms with Crippen LogP contribution in [0.5, 0.6) is 5.75 Å². The van der Waals surface area contributed by atoms with Gasteiger partial charge in [0.15, 0.2) is 0 Å². The standard InChI is InChI=1S/C23H29N3O3/c1-23(28)7-9-26(10-8-23)15-21(27)16-29-22-6-5-17-11-18(3-4-19(17)12-22)20-13-24-25(2)14-20/h3-6,11-14,21,27-28H,7-10,15-16H2,1-2H3. The second kappa shape index (κ2) is 8.14. The van der Waals surface area contributed by atoms with Gasteiger partial charge in [-0.25, -0.2) is 0 Å². The van der Waals surface area contributed by atoms with Gasteiger partial charge in [-0.1, -0.05) is 18.2 Å². The average Bonchev–Trinajstić information content (AvgIpc) is 3.14. The number of fused-ring (bicyclic) bond motifs is 1. The number of aliphatic hydroxyl groups is 2. The van der Waals surface area contributed by atoms with E-state index in [-0.39, 0.29) is 6.61 Å². The highest BCUT2D eigenvalue weighted by Gasteiger charge is 2.28. The fraction of sp³-hybridized carbons (Fsp3) is 0.435. The highest BCUT2D eigenvalue weighted by Crippen LogP contribution is 2.27. The maximum absolute atomic E-state index is 10.3. The molecule has 1 aliphatic rings. The summed E-state index contributed by atoms with van der Waals surface area (Å²) in [5.41, 5.74) is 1.66. The first kappa shape index (κ1) is 19.9. The number of ether oxygens (including phenoxy) is 1. The average molecular weight is 396 g/mol.